The quantitative estimate of drug-likeness (QED) is 0.447. The molecule has 0 heterocycles. The number of nitrogens with one attached hydrogen (secondary N) is 3. The van der Waals surface area contributed by atoms with Gasteiger partial charge in [-0.2, -0.15) is 0 Å². The molecule has 3 N–H and O–H groups in total. The van der Waals surface area contributed by atoms with Crippen LogP contribution in [0.5, 0.6) is 0 Å². The van der Waals surface area contributed by atoms with Gasteiger partial charge < -0.3 is 16.0 Å². The fourth-order valence-electron chi connectivity index (χ4n) is 3.20. The van der Waals surface area contributed by atoms with Crippen LogP contribution in [0.15, 0.2) is 36.4 Å². The summed E-state index contributed by atoms with van der Waals surface area (Å²) in [6.07, 6.45) is 2.29. The fourth-order valence-corrected chi connectivity index (χ4v) is 4.54. The van der Waals surface area contributed by atoms with Crippen LogP contribution in [-0.4, -0.2) is 17.1 Å². The first-order chi connectivity index (χ1) is 13.3. The molecule has 9 heteroatoms. The molecule has 1 amide bonds. The zero-order valence-electron chi connectivity index (χ0n) is 14.6. The molecule has 4 nitrogen and oxygen atoms in total. The minimum absolute atomic E-state index is 0.0527. The lowest BCUT2D eigenvalue weighted by atomic mass is 10.1. The monoisotopic (exact) mass is 475 g/mol. The van der Waals surface area contributed by atoms with Crippen LogP contribution in [0.3, 0.4) is 0 Å². The van der Waals surface area contributed by atoms with Crippen molar-refractivity contribution < 1.29 is 4.79 Å². The number of hydrogen-bond donors (Lipinski definition) is 3. The Labute approximate surface area is 188 Å². The van der Waals surface area contributed by atoms with Gasteiger partial charge in [0.05, 0.1) is 0 Å². The SMILES string of the molecule is O=C(Nc1cc(Cl)cc(Cl)c1)[C@@H]1CC[C@H](NC(=S)Nc2cc(Cl)cc(Cl)c2)C1. The maximum absolute atomic E-state index is 12.5. The van der Waals surface area contributed by atoms with Gasteiger partial charge in [-0.15, -0.1) is 0 Å². The van der Waals surface area contributed by atoms with Crippen molar-refractivity contribution in [3.05, 3.63) is 56.5 Å². The van der Waals surface area contributed by atoms with Crippen LogP contribution >= 0.6 is 58.6 Å². The maximum atomic E-state index is 12.5. The lowest BCUT2D eigenvalue weighted by Gasteiger charge is -2.17. The van der Waals surface area contributed by atoms with E-state index in [2.05, 4.69) is 16.0 Å². The van der Waals surface area contributed by atoms with E-state index in [1.54, 1.807) is 36.4 Å². The van der Waals surface area contributed by atoms with E-state index in [0.29, 0.717) is 43.0 Å². The van der Waals surface area contributed by atoms with E-state index >= 15 is 0 Å². The van der Waals surface area contributed by atoms with Crippen LogP contribution in [0.25, 0.3) is 0 Å². The van der Waals surface area contributed by atoms with Crippen LogP contribution < -0.4 is 16.0 Å². The Bertz CT molecular complexity index is 868. The summed E-state index contributed by atoms with van der Waals surface area (Å²) in [5.74, 6) is -0.165. The lowest BCUT2D eigenvalue weighted by Crippen LogP contribution is -2.36. The standard InChI is InChI=1S/C19H17Cl4N3OS/c20-11-4-12(21)7-16(6-11)24-18(27)10-1-2-15(3-10)25-19(28)26-17-8-13(22)5-14(23)9-17/h4-10,15H,1-3H2,(H,24,27)(H2,25,26,28)/t10-,15+/m1/s1. The van der Waals surface area contributed by atoms with Crippen molar-refractivity contribution in [1.82, 2.24) is 5.32 Å². The minimum atomic E-state index is -0.112. The van der Waals surface area contributed by atoms with Crippen molar-refractivity contribution in [2.45, 2.75) is 25.3 Å². The summed E-state index contributed by atoms with van der Waals surface area (Å²) in [5.41, 5.74) is 1.30. The number of benzene rings is 2. The molecule has 0 radical (unpaired) electrons. The van der Waals surface area contributed by atoms with E-state index in [0.717, 1.165) is 12.8 Å². The van der Waals surface area contributed by atoms with Crippen LogP contribution in [0.1, 0.15) is 19.3 Å². The van der Waals surface area contributed by atoms with Crippen molar-refractivity contribution >= 4 is 81.0 Å². The van der Waals surface area contributed by atoms with E-state index in [1.807, 2.05) is 0 Å². The van der Waals surface area contributed by atoms with Crippen molar-refractivity contribution in [3.8, 4) is 0 Å². The smallest absolute Gasteiger partial charge is 0.227 e. The van der Waals surface area contributed by atoms with Gasteiger partial charge in [0.25, 0.3) is 0 Å². The average Bonchev–Trinajstić information content (AvgIpc) is 3.01. The number of rotatable bonds is 4. The highest BCUT2D eigenvalue weighted by atomic mass is 35.5. The summed E-state index contributed by atoms with van der Waals surface area (Å²) in [5, 5.41) is 11.7. The number of carbonyl (C=O) groups is 1. The van der Waals surface area contributed by atoms with Gasteiger partial charge in [-0.25, -0.2) is 0 Å². The first-order valence-electron chi connectivity index (χ1n) is 8.59. The molecule has 2 atom stereocenters. The van der Waals surface area contributed by atoms with E-state index in [9.17, 15) is 4.79 Å². The predicted octanol–water partition coefficient (Wildman–Crippen LogP) is 6.39. The Hall–Kier alpha value is -1.24. The summed E-state index contributed by atoms with van der Waals surface area (Å²) in [7, 11) is 0. The Morgan fingerprint density at radius 2 is 1.32 bits per heavy atom. The third kappa shape index (κ3) is 6.13. The predicted molar refractivity (Wildman–Crippen MR) is 122 cm³/mol. The molecule has 1 saturated carbocycles. The number of hydrogen-bond acceptors (Lipinski definition) is 2. The first kappa shape index (κ1) is 21.5. The second kappa shape index (κ2) is 9.51. The van der Waals surface area contributed by atoms with Crippen LogP contribution in [0.2, 0.25) is 20.1 Å². The average molecular weight is 477 g/mol. The molecule has 0 aromatic heterocycles. The van der Waals surface area contributed by atoms with Crippen molar-refractivity contribution in [2.24, 2.45) is 5.92 Å². The topological polar surface area (TPSA) is 53.2 Å². The molecular formula is C19H17Cl4N3OS. The molecule has 0 bridgehead atoms. The molecule has 1 fully saturated rings. The Morgan fingerprint density at radius 3 is 1.86 bits per heavy atom. The fraction of sp³-hybridized carbons (Fsp3) is 0.263. The third-order valence-corrected chi connectivity index (χ3v) is 5.48. The van der Waals surface area contributed by atoms with E-state index in [-0.39, 0.29) is 17.9 Å². The number of carbonyl (C=O) groups excluding carboxylic acids is 1. The Kier molecular flexibility index (Phi) is 7.29. The molecule has 0 unspecified atom stereocenters. The van der Waals surface area contributed by atoms with E-state index in [4.69, 9.17) is 58.6 Å². The molecule has 148 valence electrons. The largest absolute Gasteiger partial charge is 0.360 e. The number of amides is 1. The van der Waals surface area contributed by atoms with Gasteiger partial charge in [0, 0.05) is 43.4 Å². The van der Waals surface area contributed by atoms with Gasteiger partial charge in [-0.3, -0.25) is 4.79 Å². The van der Waals surface area contributed by atoms with Crippen LogP contribution in [0, 0.1) is 5.92 Å². The molecule has 1 aliphatic carbocycles. The third-order valence-electron chi connectivity index (χ3n) is 4.39. The molecule has 0 aliphatic heterocycles. The van der Waals surface area contributed by atoms with Gasteiger partial charge in [0.2, 0.25) is 5.91 Å². The maximum Gasteiger partial charge on any atom is 0.227 e. The molecular weight excluding hydrogens is 460 g/mol. The highest BCUT2D eigenvalue weighted by Crippen LogP contribution is 2.29. The van der Waals surface area contributed by atoms with E-state index in [1.165, 1.54) is 0 Å². The molecule has 2 aromatic carbocycles. The summed E-state index contributed by atoms with van der Waals surface area (Å²) < 4.78 is 0. The minimum Gasteiger partial charge on any atom is -0.360 e. The van der Waals surface area contributed by atoms with Gasteiger partial charge in [0.15, 0.2) is 5.11 Å². The van der Waals surface area contributed by atoms with Gasteiger partial charge in [-0.1, -0.05) is 46.4 Å². The van der Waals surface area contributed by atoms with E-state index < -0.39 is 0 Å². The van der Waals surface area contributed by atoms with Crippen molar-refractivity contribution in [3.63, 3.8) is 0 Å². The van der Waals surface area contributed by atoms with Crippen LogP contribution in [-0.2, 0) is 4.79 Å². The van der Waals surface area contributed by atoms with Crippen molar-refractivity contribution in [2.75, 3.05) is 10.6 Å². The number of halogens is 4. The summed E-state index contributed by atoms with van der Waals surface area (Å²) in [6.45, 7) is 0. The normalized spacial score (nSPS) is 18.6. The molecule has 0 spiro atoms. The zero-order valence-corrected chi connectivity index (χ0v) is 18.4. The van der Waals surface area contributed by atoms with Crippen molar-refractivity contribution in [1.29, 1.82) is 0 Å². The van der Waals surface area contributed by atoms with Crippen LogP contribution in [0.4, 0.5) is 11.4 Å². The Morgan fingerprint density at radius 1 is 0.821 bits per heavy atom. The highest BCUT2D eigenvalue weighted by molar-refractivity contribution is 7.80. The molecule has 28 heavy (non-hydrogen) atoms. The molecule has 0 saturated heterocycles. The first-order valence-corrected chi connectivity index (χ1v) is 10.5. The highest BCUT2D eigenvalue weighted by Gasteiger charge is 2.30. The molecule has 1 aliphatic rings. The second-order valence-electron chi connectivity index (χ2n) is 6.61. The summed E-state index contributed by atoms with van der Waals surface area (Å²) in [6, 6.07) is 10.2. The summed E-state index contributed by atoms with van der Waals surface area (Å²) in [4.78, 5) is 12.5. The molecule has 3 rings (SSSR count). The Balaban J connectivity index is 1.51. The number of anilines is 2. The zero-order chi connectivity index (χ0) is 20.3. The summed E-state index contributed by atoms with van der Waals surface area (Å²) >= 11 is 29.3. The lowest BCUT2D eigenvalue weighted by molar-refractivity contribution is -0.119. The number of thiocarbonyl (C=S) groups is 1. The van der Waals surface area contributed by atoms with Gasteiger partial charge in [-0.05, 0) is 67.9 Å². The van der Waals surface area contributed by atoms with Gasteiger partial charge in [0.1, 0.15) is 0 Å². The molecule has 2 aromatic rings. The second-order valence-corrected chi connectivity index (χ2v) is 8.76. The van der Waals surface area contributed by atoms with Gasteiger partial charge >= 0.3 is 0 Å².